The van der Waals surface area contributed by atoms with E-state index < -0.39 is 21.8 Å². The highest BCUT2D eigenvalue weighted by molar-refractivity contribution is 7.89. The number of carbonyl (C=O) groups is 2. The molecule has 1 aromatic heterocycles. The molecule has 2 aromatic carbocycles. The van der Waals surface area contributed by atoms with Crippen LogP contribution < -0.4 is 15.8 Å². The molecule has 2 amide bonds. The second kappa shape index (κ2) is 9.21. The number of benzene rings is 2. The van der Waals surface area contributed by atoms with E-state index in [0.29, 0.717) is 22.8 Å². The van der Waals surface area contributed by atoms with Gasteiger partial charge in [-0.25, -0.2) is 13.1 Å². The van der Waals surface area contributed by atoms with Gasteiger partial charge in [0, 0.05) is 17.3 Å². The van der Waals surface area contributed by atoms with Crippen LogP contribution in [0.15, 0.2) is 82.1 Å². The molecule has 0 saturated carbocycles. The van der Waals surface area contributed by atoms with Gasteiger partial charge in [0.05, 0.1) is 11.4 Å². The number of nitrogens with one attached hydrogen (secondary N) is 2. The third-order valence-electron chi connectivity index (χ3n) is 4.01. The van der Waals surface area contributed by atoms with Crippen molar-refractivity contribution in [3.05, 3.63) is 89.9 Å². The number of sulfonamides is 1. The number of anilines is 1. The van der Waals surface area contributed by atoms with E-state index in [1.165, 1.54) is 36.4 Å². The van der Waals surface area contributed by atoms with Gasteiger partial charge in [-0.1, -0.05) is 18.2 Å². The van der Waals surface area contributed by atoms with E-state index in [2.05, 4.69) is 10.0 Å². The standard InChI is InChI=1S/C21H19N3O5S/c22-21(26)15-6-8-16(9-7-15)24-20(25)13-12-17-10-11-18(29-17)14-23-30(27,28)19-4-2-1-3-5-19/h1-13,23H,14H2,(H2,22,26)(H,24,25)/b13-12+. The summed E-state index contributed by atoms with van der Waals surface area (Å²) in [6, 6.07) is 17.4. The lowest BCUT2D eigenvalue weighted by atomic mass is 10.2. The molecular weight excluding hydrogens is 406 g/mol. The summed E-state index contributed by atoms with van der Waals surface area (Å²) < 4.78 is 32.4. The zero-order valence-corrected chi connectivity index (χ0v) is 16.6. The second-order valence-corrected chi connectivity index (χ2v) is 7.97. The Morgan fingerprint density at radius 1 is 0.967 bits per heavy atom. The summed E-state index contributed by atoms with van der Waals surface area (Å²) >= 11 is 0. The molecule has 0 bridgehead atoms. The van der Waals surface area contributed by atoms with E-state index in [1.54, 1.807) is 42.5 Å². The van der Waals surface area contributed by atoms with Gasteiger partial charge < -0.3 is 15.5 Å². The van der Waals surface area contributed by atoms with Crippen LogP contribution in [0.2, 0.25) is 0 Å². The molecule has 0 aliphatic carbocycles. The van der Waals surface area contributed by atoms with Gasteiger partial charge in [-0.15, -0.1) is 0 Å². The zero-order chi connectivity index (χ0) is 21.6. The Kier molecular flexibility index (Phi) is 6.45. The first kappa shape index (κ1) is 21.0. The topological polar surface area (TPSA) is 132 Å². The van der Waals surface area contributed by atoms with Gasteiger partial charge in [0.25, 0.3) is 0 Å². The Morgan fingerprint density at radius 2 is 1.67 bits per heavy atom. The van der Waals surface area contributed by atoms with Crippen LogP contribution in [0, 0.1) is 0 Å². The first-order valence-corrected chi connectivity index (χ1v) is 10.3. The van der Waals surface area contributed by atoms with E-state index in [-0.39, 0.29) is 11.4 Å². The Morgan fingerprint density at radius 3 is 2.33 bits per heavy atom. The predicted molar refractivity (Wildman–Crippen MR) is 112 cm³/mol. The summed E-state index contributed by atoms with van der Waals surface area (Å²) in [6.07, 6.45) is 2.74. The Hall–Kier alpha value is -3.69. The van der Waals surface area contributed by atoms with Crippen LogP contribution in [0.1, 0.15) is 21.9 Å². The number of rotatable bonds is 8. The third-order valence-corrected chi connectivity index (χ3v) is 5.43. The lowest BCUT2D eigenvalue weighted by Gasteiger charge is -2.04. The molecule has 1 heterocycles. The molecule has 4 N–H and O–H groups in total. The molecule has 154 valence electrons. The summed E-state index contributed by atoms with van der Waals surface area (Å²) in [5.41, 5.74) is 6.02. The molecule has 0 saturated heterocycles. The van der Waals surface area contributed by atoms with Gasteiger partial charge in [-0.2, -0.15) is 0 Å². The number of furan rings is 1. The molecule has 0 aliphatic rings. The number of carbonyl (C=O) groups excluding carboxylic acids is 2. The fraction of sp³-hybridized carbons (Fsp3) is 0.0476. The highest BCUT2D eigenvalue weighted by atomic mass is 32.2. The van der Waals surface area contributed by atoms with Crippen molar-refractivity contribution in [3.63, 3.8) is 0 Å². The summed E-state index contributed by atoms with van der Waals surface area (Å²) in [7, 11) is -3.64. The van der Waals surface area contributed by atoms with Crippen LogP contribution in [0.3, 0.4) is 0 Å². The maximum absolute atomic E-state index is 12.2. The Bertz CT molecular complexity index is 1170. The quantitative estimate of drug-likeness (QED) is 0.477. The van der Waals surface area contributed by atoms with Gasteiger partial charge in [0.15, 0.2) is 0 Å². The average molecular weight is 425 g/mol. The van der Waals surface area contributed by atoms with Crippen molar-refractivity contribution < 1.29 is 22.4 Å². The highest BCUT2D eigenvalue weighted by Gasteiger charge is 2.13. The van der Waals surface area contributed by atoms with E-state index >= 15 is 0 Å². The molecule has 8 nitrogen and oxygen atoms in total. The molecule has 3 rings (SSSR count). The van der Waals surface area contributed by atoms with Gasteiger partial charge in [-0.05, 0) is 54.6 Å². The van der Waals surface area contributed by atoms with Crippen molar-refractivity contribution in [2.45, 2.75) is 11.4 Å². The fourth-order valence-corrected chi connectivity index (χ4v) is 3.50. The molecule has 0 fully saturated rings. The maximum Gasteiger partial charge on any atom is 0.248 e. The van der Waals surface area contributed by atoms with Gasteiger partial charge in [0.1, 0.15) is 11.5 Å². The smallest absolute Gasteiger partial charge is 0.248 e. The minimum Gasteiger partial charge on any atom is -0.460 e. The number of amides is 2. The van der Waals surface area contributed by atoms with Crippen LogP contribution in [-0.2, 0) is 21.4 Å². The van der Waals surface area contributed by atoms with Crippen LogP contribution >= 0.6 is 0 Å². The van der Waals surface area contributed by atoms with Crippen molar-refractivity contribution in [1.82, 2.24) is 4.72 Å². The van der Waals surface area contributed by atoms with Crippen molar-refractivity contribution in [2.24, 2.45) is 5.73 Å². The molecule has 30 heavy (non-hydrogen) atoms. The van der Waals surface area contributed by atoms with Crippen LogP contribution in [0.4, 0.5) is 5.69 Å². The second-order valence-electron chi connectivity index (χ2n) is 6.21. The van der Waals surface area contributed by atoms with E-state index in [0.717, 1.165) is 0 Å². The molecule has 0 radical (unpaired) electrons. The lowest BCUT2D eigenvalue weighted by molar-refractivity contribution is -0.111. The van der Waals surface area contributed by atoms with E-state index in [9.17, 15) is 18.0 Å². The largest absolute Gasteiger partial charge is 0.460 e. The van der Waals surface area contributed by atoms with E-state index in [1.807, 2.05) is 0 Å². The summed E-state index contributed by atoms with van der Waals surface area (Å²) in [4.78, 5) is 23.2. The molecule has 0 aliphatic heterocycles. The predicted octanol–water partition coefficient (Wildman–Crippen LogP) is 2.51. The SMILES string of the molecule is NC(=O)c1ccc(NC(=O)/C=C/c2ccc(CNS(=O)(=O)c3ccccc3)o2)cc1. The van der Waals surface area contributed by atoms with Crippen LogP contribution in [-0.4, -0.2) is 20.2 Å². The van der Waals surface area contributed by atoms with Crippen LogP contribution in [0.25, 0.3) is 6.08 Å². The molecule has 3 aromatic rings. The minimum atomic E-state index is -3.64. The summed E-state index contributed by atoms with van der Waals surface area (Å²) in [5, 5.41) is 2.64. The van der Waals surface area contributed by atoms with Crippen molar-refractivity contribution in [1.29, 1.82) is 0 Å². The van der Waals surface area contributed by atoms with Gasteiger partial charge >= 0.3 is 0 Å². The average Bonchev–Trinajstić information content (AvgIpc) is 3.20. The number of primary amides is 1. The monoisotopic (exact) mass is 425 g/mol. The lowest BCUT2D eigenvalue weighted by Crippen LogP contribution is -2.22. The molecule has 0 unspecified atom stereocenters. The summed E-state index contributed by atoms with van der Waals surface area (Å²) in [5.74, 6) is -0.156. The van der Waals surface area contributed by atoms with Crippen LogP contribution in [0.5, 0.6) is 0 Å². The first-order valence-electron chi connectivity index (χ1n) is 8.86. The Labute approximate surface area is 173 Å². The van der Waals surface area contributed by atoms with E-state index in [4.69, 9.17) is 10.2 Å². The molecule has 9 heteroatoms. The number of hydrogen-bond donors (Lipinski definition) is 3. The summed E-state index contributed by atoms with van der Waals surface area (Å²) in [6.45, 7) is -0.0243. The van der Waals surface area contributed by atoms with Crippen molar-refractivity contribution >= 4 is 33.6 Å². The Balaban J connectivity index is 1.55. The van der Waals surface area contributed by atoms with Gasteiger partial charge in [-0.3, -0.25) is 9.59 Å². The molecule has 0 spiro atoms. The van der Waals surface area contributed by atoms with Crippen molar-refractivity contribution in [3.8, 4) is 0 Å². The maximum atomic E-state index is 12.2. The molecular formula is C21H19N3O5S. The van der Waals surface area contributed by atoms with Crippen molar-refractivity contribution in [2.75, 3.05) is 5.32 Å². The third kappa shape index (κ3) is 5.66. The highest BCUT2D eigenvalue weighted by Crippen LogP contribution is 2.13. The first-order chi connectivity index (χ1) is 14.3. The minimum absolute atomic E-state index is 0.0243. The zero-order valence-electron chi connectivity index (χ0n) is 15.7. The number of hydrogen-bond acceptors (Lipinski definition) is 5. The number of nitrogens with two attached hydrogens (primary N) is 1. The fourth-order valence-electron chi connectivity index (χ4n) is 2.49. The molecule has 0 atom stereocenters. The van der Waals surface area contributed by atoms with Gasteiger partial charge in [0.2, 0.25) is 21.8 Å². The normalized spacial score (nSPS) is 11.5.